The van der Waals surface area contributed by atoms with E-state index in [4.69, 9.17) is 17.2 Å². The first-order valence-corrected chi connectivity index (χ1v) is 16.9. The van der Waals surface area contributed by atoms with Gasteiger partial charge in [0.25, 0.3) is 0 Å². The van der Waals surface area contributed by atoms with Crippen LogP contribution in [0.1, 0.15) is 36.9 Å². The van der Waals surface area contributed by atoms with E-state index in [1.165, 1.54) is 12.5 Å². The highest BCUT2D eigenvalue weighted by Gasteiger charge is 2.32. The first-order valence-electron chi connectivity index (χ1n) is 16.3. The van der Waals surface area contributed by atoms with Crippen molar-refractivity contribution in [3.63, 3.8) is 0 Å². The lowest BCUT2D eigenvalue weighted by Crippen LogP contribution is -2.59. The molecule has 0 aliphatic heterocycles. The highest BCUT2D eigenvalue weighted by atomic mass is 32.1. The SMILES string of the molecule is NC(N)=NCCC[C@H](NC(=O)[C@@H](Cc1ccc2ccccc2c1)NC(=O)[C@H](Cc1cnc[nH]1)NC(=O)[C@H](CCC(=O)O)NC(=O)[C@@H](N)CS)C(=O)O. The molecule has 0 unspecified atom stereocenters. The Bertz CT molecular complexity index is 1730. The summed E-state index contributed by atoms with van der Waals surface area (Å²) in [6.07, 6.45) is 1.96. The van der Waals surface area contributed by atoms with Crippen LogP contribution in [0, 0.1) is 0 Å². The highest BCUT2D eigenvalue weighted by molar-refractivity contribution is 7.80. The van der Waals surface area contributed by atoms with E-state index in [-0.39, 0.29) is 50.4 Å². The molecule has 18 nitrogen and oxygen atoms in total. The third-order valence-electron chi connectivity index (χ3n) is 7.87. The van der Waals surface area contributed by atoms with E-state index < -0.39 is 72.2 Å². The number of aromatic amines is 1. The van der Waals surface area contributed by atoms with Gasteiger partial charge in [-0.2, -0.15) is 12.6 Å². The Balaban J connectivity index is 1.91. The number of hydrogen-bond acceptors (Lipinski definition) is 10. The number of nitrogens with one attached hydrogen (secondary N) is 5. The van der Waals surface area contributed by atoms with Gasteiger partial charge in [-0.15, -0.1) is 0 Å². The number of amides is 4. The molecule has 0 radical (unpaired) electrons. The van der Waals surface area contributed by atoms with Gasteiger partial charge < -0.3 is 53.7 Å². The van der Waals surface area contributed by atoms with Crippen LogP contribution in [-0.2, 0) is 41.6 Å². The average Bonchev–Trinajstić information content (AvgIpc) is 3.62. The zero-order chi connectivity index (χ0) is 38.2. The summed E-state index contributed by atoms with van der Waals surface area (Å²) in [5.74, 6) is -6.04. The number of thiol groups is 1. The number of nitrogens with two attached hydrogens (primary N) is 3. The van der Waals surface area contributed by atoms with Gasteiger partial charge in [-0.25, -0.2) is 9.78 Å². The molecule has 13 N–H and O–H groups in total. The number of fused-ring (bicyclic) bond motifs is 1. The molecule has 52 heavy (non-hydrogen) atoms. The van der Waals surface area contributed by atoms with Gasteiger partial charge in [0.2, 0.25) is 23.6 Å². The molecule has 5 atom stereocenters. The number of aliphatic imine (C=N–C) groups is 1. The molecule has 4 amide bonds. The minimum absolute atomic E-state index is 0.0205. The van der Waals surface area contributed by atoms with Crippen molar-refractivity contribution in [1.29, 1.82) is 0 Å². The number of aliphatic carboxylic acids is 2. The summed E-state index contributed by atoms with van der Waals surface area (Å²) in [6, 6.07) is 6.42. The van der Waals surface area contributed by atoms with Gasteiger partial charge >= 0.3 is 11.9 Å². The third kappa shape index (κ3) is 13.2. The van der Waals surface area contributed by atoms with Gasteiger partial charge in [-0.05, 0) is 35.6 Å². The average molecular weight is 741 g/mol. The number of aromatic nitrogens is 2. The molecule has 280 valence electrons. The molecule has 1 heterocycles. The van der Waals surface area contributed by atoms with Crippen LogP contribution in [0.2, 0.25) is 0 Å². The van der Waals surface area contributed by atoms with Gasteiger partial charge in [0.05, 0.1) is 12.4 Å². The van der Waals surface area contributed by atoms with E-state index in [0.29, 0.717) is 11.3 Å². The number of imidazole rings is 1. The lowest BCUT2D eigenvalue weighted by molar-refractivity contribution is -0.142. The van der Waals surface area contributed by atoms with Crippen molar-refractivity contribution in [3.05, 3.63) is 66.2 Å². The standard InChI is InChI=1S/C33H44N10O8S/c34-22(16-52)28(46)40-23(9-10-27(44)45)29(47)43-26(14-21-15-37-17-39-21)31(49)42-25(13-18-7-8-19-4-1-2-5-20(19)12-18)30(48)41-24(32(50)51)6-3-11-38-33(35)36/h1-2,4-5,7-8,12,15,17,22-26,52H,3,6,9-11,13-14,16,34H2,(H,37,39)(H,40,46)(H,41,48)(H,42,49)(H,43,47)(H,44,45)(H,50,51)(H4,35,36,38)/t22-,23-,24-,25+,26-/m0/s1. The largest absolute Gasteiger partial charge is 0.481 e. The number of carboxylic acids is 2. The van der Waals surface area contributed by atoms with Crippen LogP contribution in [0.25, 0.3) is 10.8 Å². The Kier molecular flexibility index (Phi) is 15.8. The number of guanidine groups is 1. The molecule has 0 fully saturated rings. The van der Waals surface area contributed by atoms with Crippen LogP contribution >= 0.6 is 12.6 Å². The molecule has 0 aliphatic carbocycles. The fraction of sp³-hybridized carbons (Fsp3) is 0.394. The Labute approximate surface area is 304 Å². The molecule has 19 heteroatoms. The minimum Gasteiger partial charge on any atom is -0.481 e. The number of carbonyl (C=O) groups excluding carboxylic acids is 4. The first kappa shape index (κ1) is 40.7. The zero-order valence-corrected chi connectivity index (χ0v) is 29.1. The second-order valence-electron chi connectivity index (χ2n) is 11.9. The molecule has 0 aliphatic rings. The molecule has 0 saturated carbocycles. The van der Waals surface area contributed by atoms with Crippen molar-refractivity contribution in [3.8, 4) is 0 Å². The Hall–Kier alpha value is -5.69. The predicted molar refractivity (Wildman–Crippen MR) is 194 cm³/mol. The second kappa shape index (κ2) is 20.2. The summed E-state index contributed by atoms with van der Waals surface area (Å²) in [5.41, 5.74) is 17.5. The van der Waals surface area contributed by atoms with Crippen LogP contribution in [0.5, 0.6) is 0 Å². The summed E-state index contributed by atoms with van der Waals surface area (Å²) in [6.45, 7) is 0.128. The molecule has 3 aromatic rings. The van der Waals surface area contributed by atoms with Gasteiger partial charge in [0.15, 0.2) is 5.96 Å². The topological polar surface area (TPSA) is 310 Å². The maximum absolute atomic E-state index is 14.0. The number of carbonyl (C=O) groups is 6. The van der Waals surface area contributed by atoms with Crippen LogP contribution in [-0.4, -0.2) is 104 Å². The Morgan fingerprint density at radius 3 is 2.02 bits per heavy atom. The van der Waals surface area contributed by atoms with Crippen molar-refractivity contribution < 1.29 is 39.0 Å². The summed E-state index contributed by atoms with van der Waals surface area (Å²) in [5, 5.41) is 31.0. The summed E-state index contributed by atoms with van der Waals surface area (Å²) in [4.78, 5) is 87.8. The van der Waals surface area contributed by atoms with Crippen LogP contribution in [0.3, 0.4) is 0 Å². The Morgan fingerprint density at radius 2 is 1.42 bits per heavy atom. The zero-order valence-electron chi connectivity index (χ0n) is 28.2. The number of carboxylic acid groups (broad SMARTS) is 2. The van der Waals surface area contributed by atoms with E-state index in [9.17, 15) is 39.0 Å². The molecule has 0 spiro atoms. The van der Waals surface area contributed by atoms with Crippen molar-refractivity contribution in [2.45, 2.75) is 68.7 Å². The van der Waals surface area contributed by atoms with Crippen molar-refractivity contribution in [1.82, 2.24) is 31.2 Å². The third-order valence-corrected chi connectivity index (χ3v) is 8.27. The van der Waals surface area contributed by atoms with Gasteiger partial charge in [-0.1, -0.05) is 42.5 Å². The van der Waals surface area contributed by atoms with Gasteiger partial charge in [0, 0.05) is 43.5 Å². The fourth-order valence-electron chi connectivity index (χ4n) is 5.11. The maximum Gasteiger partial charge on any atom is 0.326 e. The minimum atomic E-state index is -1.39. The summed E-state index contributed by atoms with van der Waals surface area (Å²) in [7, 11) is 0. The highest BCUT2D eigenvalue weighted by Crippen LogP contribution is 2.17. The molecular formula is C33H44N10O8S. The quantitative estimate of drug-likeness (QED) is 0.0259. The predicted octanol–water partition coefficient (Wildman–Crippen LogP) is -1.45. The second-order valence-corrected chi connectivity index (χ2v) is 12.3. The number of hydrogen-bond donors (Lipinski definition) is 11. The molecule has 0 bridgehead atoms. The van der Waals surface area contributed by atoms with Gasteiger partial charge in [0.1, 0.15) is 24.2 Å². The lowest BCUT2D eigenvalue weighted by atomic mass is 10.00. The maximum atomic E-state index is 14.0. The lowest BCUT2D eigenvalue weighted by Gasteiger charge is -2.26. The van der Waals surface area contributed by atoms with Crippen molar-refractivity contribution in [2.75, 3.05) is 12.3 Å². The van der Waals surface area contributed by atoms with E-state index in [2.05, 4.69) is 48.9 Å². The van der Waals surface area contributed by atoms with Crippen molar-refractivity contribution >= 4 is 64.9 Å². The summed E-state index contributed by atoms with van der Waals surface area (Å²) < 4.78 is 0. The molecule has 3 rings (SSSR count). The molecule has 1 aromatic heterocycles. The van der Waals surface area contributed by atoms with Crippen molar-refractivity contribution in [2.24, 2.45) is 22.2 Å². The number of nitrogens with zero attached hydrogens (tertiary/aromatic N) is 2. The van der Waals surface area contributed by atoms with Gasteiger partial charge in [-0.3, -0.25) is 29.0 Å². The molecular weight excluding hydrogens is 696 g/mol. The van der Waals surface area contributed by atoms with E-state index in [1.807, 2.05) is 36.4 Å². The van der Waals surface area contributed by atoms with Crippen LogP contribution < -0.4 is 38.5 Å². The summed E-state index contributed by atoms with van der Waals surface area (Å²) >= 11 is 3.98. The van der Waals surface area contributed by atoms with E-state index in [1.54, 1.807) is 6.07 Å². The number of H-pyrrole nitrogens is 1. The molecule has 2 aromatic carbocycles. The number of rotatable bonds is 21. The number of benzene rings is 2. The van der Waals surface area contributed by atoms with Crippen LogP contribution in [0.4, 0.5) is 0 Å². The van der Waals surface area contributed by atoms with Crippen LogP contribution in [0.15, 0.2) is 60.0 Å². The fourth-order valence-corrected chi connectivity index (χ4v) is 5.28. The van der Waals surface area contributed by atoms with E-state index in [0.717, 1.165) is 10.8 Å². The molecule has 0 saturated heterocycles. The van der Waals surface area contributed by atoms with E-state index >= 15 is 0 Å². The smallest absolute Gasteiger partial charge is 0.326 e. The monoisotopic (exact) mass is 740 g/mol. The Morgan fingerprint density at radius 1 is 0.808 bits per heavy atom. The first-order chi connectivity index (χ1) is 24.8. The normalized spacial score (nSPS) is 13.8.